The van der Waals surface area contributed by atoms with Crippen molar-refractivity contribution < 1.29 is 0 Å². The molecule has 0 spiro atoms. The predicted molar refractivity (Wildman–Crippen MR) is 47.1 cm³/mol. The zero-order chi connectivity index (χ0) is 8.97. The first-order chi connectivity index (χ1) is 5.74. The van der Waals surface area contributed by atoms with E-state index in [1.54, 1.807) is 13.2 Å². The Balaban J connectivity index is 2.75. The van der Waals surface area contributed by atoms with Crippen LogP contribution in [0.15, 0.2) is 17.2 Å². The lowest BCUT2D eigenvalue weighted by atomic mass is 10.3. The monoisotopic (exact) mass is 167 g/mol. The van der Waals surface area contributed by atoms with Gasteiger partial charge in [0.05, 0.1) is 11.9 Å². The van der Waals surface area contributed by atoms with Crippen LogP contribution in [0.2, 0.25) is 0 Å². The van der Waals surface area contributed by atoms with Gasteiger partial charge in [-0.2, -0.15) is 0 Å². The highest BCUT2D eigenvalue weighted by Gasteiger charge is 1.95. The average Bonchev–Trinajstić information content (AvgIpc) is 2.07. The first-order valence-corrected chi connectivity index (χ1v) is 3.90. The highest BCUT2D eigenvalue weighted by atomic mass is 16.1. The maximum atomic E-state index is 10.9. The molecule has 12 heavy (non-hydrogen) atoms. The van der Waals surface area contributed by atoms with E-state index in [9.17, 15) is 4.79 Å². The van der Waals surface area contributed by atoms with Crippen molar-refractivity contribution >= 4 is 0 Å². The molecule has 1 heterocycles. The first-order valence-electron chi connectivity index (χ1n) is 3.90. The van der Waals surface area contributed by atoms with Crippen molar-refractivity contribution in [1.82, 2.24) is 14.9 Å². The number of aryl methyl sites for hydroxylation is 1. The van der Waals surface area contributed by atoms with Gasteiger partial charge < -0.3 is 9.88 Å². The van der Waals surface area contributed by atoms with Gasteiger partial charge >= 0.3 is 0 Å². The number of nitrogens with zero attached hydrogens (tertiary/aromatic N) is 2. The summed E-state index contributed by atoms with van der Waals surface area (Å²) in [7, 11) is 3.62. The summed E-state index contributed by atoms with van der Waals surface area (Å²) in [5.74, 6) is 0. The zero-order valence-electron chi connectivity index (χ0n) is 7.37. The fourth-order valence-electron chi connectivity index (χ4n) is 0.932. The van der Waals surface area contributed by atoms with Crippen LogP contribution in [0.25, 0.3) is 0 Å². The minimum Gasteiger partial charge on any atom is -0.319 e. The summed E-state index contributed by atoms with van der Waals surface area (Å²) in [6, 6.07) is 0. The first kappa shape index (κ1) is 8.93. The third kappa shape index (κ3) is 2.17. The summed E-state index contributed by atoms with van der Waals surface area (Å²) >= 11 is 0. The van der Waals surface area contributed by atoms with E-state index in [2.05, 4.69) is 10.3 Å². The van der Waals surface area contributed by atoms with Crippen molar-refractivity contribution in [2.24, 2.45) is 7.05 Å². The van der Waals surface area contributed by atoms with Crippen LogP contribution in [0.4, 0.5) is 0 Å². The molecule has 0 amide bonds. The van der Waals surface area contributed by atoms with Crippen LogP contribution in [0, 0.1) is 0 Å². The fourth-order valence-corrected chi connectivity index (χ4v) is 0.932. The number of hydrogen-bond donors (Lipinski definition) is 1. The second kappa shape index (κ2) is 4.01. The van der Waals surface area contributed by atoms with Gasteiger partial charge in [-0.1, -0.05) is 0 Å². The maximum absolute atomic E-state index is 10.9. The van der Waals surface area contributed by atoms with Crippen molar-refractivity contribution in [2.45, 2.75) is 6.42 Å². The highest BCUT2D eigenvalue weighted by molar-refractivity contribution is 4.96. The molecule has 66 valence electrons. The molecule has 0 radical (unpaired) electrons. The molecular formula is C8H13N3O. The molecule has 1 rings (SSSR count). The third-order valence-corrected chi connectivity index (χ3v) is 1.66. The summed E-state index contributed by atoms with van der Waals surface area (Å²) in [6.07, 6.45) is 3.97. The molecule has 0 saturated heterocycles. The lowest BCUT2D eigenvalue weighted by molar-refractivity contribution is 0.746. The number of rotatable bonds is 3. The van der Waals surface area contributed by atoms with Gasteiger partial charge in [-0.3, -0.25) is 9.78 Å². The van der Waals surface area contributed by atoms with E-state index in [1.807, 2.05) is 7.05 Å². The Morgan fingerprint density at radius 2 is 2.42 bits per heavy atom. The van der Waals surface area contributed by atoms with Gasteiger partial charge in [0.15, 0.2) is 0 Å². The summed E-state index contributed by atoms with van der Waals surface area (Å²) in [4.78, 5) is 14.9. The molecule has 1 N–H and O–H groups in total. The molecule has 0 aliphatic rings. The van der Waals surface area contributed by atoms with Gasteiger partial charge in [0.2, 0.25) is 0 Å². The van der Waals surface area contributed by atoms with E-state index in [4.69, 9.17) is 0 Å². The van der Waals surface area contributed by atoms with E-state index < -0.39 is 0 Å². The number of hydrogen-bond acceptors (Lipinski definition) is 3. The summed E-state index contributed by atoms with van der Waals surface area (Å²) in [5, 5.41) is 3.02. The summed E-state index contributed by atoms with van der Waals surface area (Å²) in [5.41, 5.74) is 0.870. The second-order valence-corrected chi connectivity index (χ2v) is 2.68. The molecule has 4 nitrogen and oxygen atoms in total. The van der Waals surface area contributed by atoms with Crippen molar-refractivity contribution in [2.75, 3.05) is 13.6 Å². The normalized spacial score (nSPS) is 10.2. The Hall–Kier alpha value is -1.16. The molecule has 0 bridgehead atoms. The van der Waals surface area contributed by atoms with Gasteiger partial charge in [-0.25, -0.2) is 0 Å². The van der Waals surface area contributed by atoms with Gasteiger partial charge in [-0.05, 0) is 7.05 Å². The zero-order valence-corrected chi connectivity index (χ0v) is 7.37. The smallest absolute Gasteiger partial charge is 0.268 e. The molecule has 0 aliphatic heterocycles. The van der Waals surface area contributed by atoms with E-state index in [-0.39, 0.29) is 5.56 Å². The third-order valence-electron chi connectivity index (χ3n) is 1.66. The van der Waals surface area contributed by atoms with Gasteiger partial charge in [0.25, 0.3) is 5.56 Å². The highest BCUT2D eigenvalue weighted by Crippen LogP contribution is 1.89. The Labute approximate surface area is 71.3 Å². The summed E-state index contributed by atoms with van der Waals surface area (Å²) < 4.78 is 1.54. The Kier molecular flexibility index (Phi) is 2.99. The van der Waals surface area contributed by atoms with Crippen LogP contribution in [0.1, 0.15) is 5.69 Å². The standard InChI is InChI=1S/C8H13N3O/c1-9-4-3-7-6-11(2)8(12)5-10-7/h5-6,9H,3-4H2,1-2H3. The SMILES string of the molecule is CNCCc1cn(C)c(=O)cn1. The van der Waals surface area contributed by atoms with Crippen molar-refractivity contribution in [3.8, 4) is 0 Å². The van der Waals surface area contributed by atoms with Crippen molar-refractivity contribution in [1.29, 1.82) is 0 Å². The molecule has 0 aliphatic carbocycles. The Bertz CT molecular complexity index is 305. The van der Waals surface area contributed by atoms with E-state index in [1.165, 1.54) is 10.8 Å². The van der Waals surface area contributed by atoms with Gasteiger partial charge in [0, 0.05) is 26.2 Å². The largest absolute Gasteiger partial charge is 0.319 e. The number of likely N-dealkylation sites (N-methyl/N-ethyl adjacent to an activating group) is 1. The molecule has 1 aromatic heterocycles. The van der Waals surface area contributed by atoms with Crippen LogP contribution in [-0.2, 0) is 13.5 Å². The lowest BCUT2D eigenvalue weighted by Gasteiger charge is -2.01. The lowest BCUT2D eigenvalue weighted by Crippen LogP contribution is -2.19. The summed E-state index contributed by atoms with van der Waals surface area (Å²) in [6.45, 7) is 0.880. The minimum atomic E-state index is -0.0665. The molecule has 0 atom stereocenters. The number of aromatic nitrogens is 2. The predicted octanol–water partition coefficient (Wildman–Crippen LogP) is -0.458. The van der Waals surface area contributed by atoms with Gasteiger partial charge in [0.1, 0.15) is 0 Å². The maximum Gasteiger partial charge on any atom is 0.268 e. The topological polar surface area (TPSA) is 46.9 Å². The second-order valence-electron chi connectivity index (χ2n) is 2.68. The Morgan fingerprint density at radius 3 is 3.00 bits per heavy atom. The van der Waals surface area contributed by atoms with Crippen molar-refractivity contribution in [3.05, 3.63) is 28.4 Å². The molecular weight excluding hydrogens is 154 g/mol. The molecule has 0 fully saturated rings. The van der Waals surface area contributed by atoms with Crippen LogP contribution in [-0.4, -0.2) is 23.1 Å². The minimum absolute atomic E-state index is 0.0665. The Morgan fingerprint density at radius 1 is 1.67 bits per heavy atom. The molecule has 0 unspecified atom stereocenters. The average molecular weight is 167 g/mol. The van der Waals surface area contributed by atoms with Gasteiger partial charge in [-0.15, -0.1) is 0 Å². The van der Waals surface area contributed by atoms with Crippen LogP contribution in [0.5, 0.6) is 0 Å². The molecule has 1 aromatic rings. The number of nitrogens with one attached hydrogen (secondary N) is 1. The van der Waals surface area contributed by atoms with E-state index in [0.29, 0.717) is 0 Å². The van der Waals surface area contributed by atoms with Crippen LogP contribution in [0.3, 0.4) is 0 Å². The molecule has 0 saturated carbocycles. The fraction of sp³-hybridized carbons (Fsp3) is 0.500. The van der Waals surface area contributed by atoms with Crippen LogP contribution >= 0.6 is 0 Å². The van der Waals surface area contributed by atoms with E-state index >= 15 is 0 Å². The van der Waals surface area contributed by atoms with Crippen LogP contribution < -0.4 is 10.9 Å². The van der Waals surface area contributed by atoms with E-state index in [0.717, 1.165) is 18.7 Å². The quantitative estimate of drug-likeness (QED) is 0.662. The molecule has 0 aromatic carbocycles. The van der Waals surface area contributed by atoms with Crippen molar-refractivity contribution in [3.63, 3.8) is 0 Å². The molecule has 4 heteroatoms.